The molecule has 7 heteroatoms. The van der Waals surface area contributed by atoms with Crippen LogP contribution in [-0.2, 0) is 9.59 Å². The molecule has 1 atom stereocenters. The second kappa shape index (κ2) is 8.29. The van der Waals surface area contributed by atoms with Crippen molar-refractivity contribution < 1.29 is 14.4 Å². The van der Waals surface area contributed by atoms with E-state index in [4.69, 9.17) is 5.73 Å². The Hall–Kier alpha value is -1.21. The second-order valence-corrected chi connectivity index (χ2v) is 6.35. The van der Waals surface area contributed by atoms with Crippen molar-refractivity contribution in [1.29, 1.82) is 0 Å². The lowest BCUT2D eigenvalue weighted by Crippen LogP contribution is -2.44. The highest BCUT2D eigenvalue weighted by molar-refractivity contribution is 9.11. The Kier molecular flexibility index (Phi) is 7.04. The maximum absolute atomic E-state index is 12.1. The fourth-order valence-electron chi connectivity index (χ4n) is 1.69. The van der Waals surface area contributed by atoms with Crippen molar-refractivity contribution in [2.45, 2.75) is 32.2 Å². The van der Waals surface area contributed by atoms with Gasteiger partial charge in [0.25, 0.3) is 5.91 Å². The van der Waals surface area contributed by atoms with E-state index < -0.39 is 17.9 Å². The van der Waals surface area contributed by atoms with Gasteiger partial charge in [-0.2, -0.15) is 0 Å². The van der Waals surface area contributed by atoms with Crippen molar-refractivity contribution >= 4 is 49.5 Å². The number of halogens is 2. The van der Waals surface area contributed by atoms with Crippen LogP contribution in [0.3, 0.4) is 0 Å². The van der Waals surface area contributed by atoms with Gasteiger partial charge in [-0.3, -0.25) is 14.4 Å². The second-order valence-electron chi connectivity index (χ2n) is 4.52. The number of nitrogens with one attached hydrogen (secondary N) is 1. The predicted molar refractivity (Wildman–Crippen MR) is 86.8 cm³/mol. The van der Waals surface area contributed by atoms with Gasteiger partial charge in [0, 0.05) is 27.4 Å². The van der Waals surface area contributed by atoms with Crippen LogP contribution in [0.25, 0.3) is 0 Å². The van der Waals surface area contributed by atoms with Crippen molar-refractivity contribution in [2.24, 2.45) is 5.73 Å². The van der Waals surface area contributed by atoms with E-state index in [0.717, 1.165) is 8.95 Å². The van der Waals surface area contributed by atoms with E-state index in [1.807, 2.05) is 0 Å². The lowest BCUT2D eigenvalue weighted by molar-refractivity contribution is -0.121. The zero-order valence-corrected chi connectivity index (χ0v) is 14.7. The molecule has 0 spiro atoms. The maximum Gasteiger partial charge on any atom is 0.252 e. The third-order valence-corrected chi connectivity index (χ3v) is 3.80. The van der Waals surface area contributed by atoms with Crippen LogP contribution in [0.5, 0.6) is 0 Å². The largest absolute Gasteiger partial charge is 0.368 e. The number of primary amides is 1. The molecule has 114 valence electrons. The van der Waals surface area contributed by atoms with E-state index in [1.165, 1.54) is 0 Å². The molecule has 0 aliphatic rings. The Morgan fingerprint density at radius 3 is 2.24 bits per heavy atom. The number of carbonyl (C=O) groups is 3. The van der Waals surface area contributed by atoms with Crippen molar-refractivity contribution in [3.63, 3.8) is 0 Å². The van der Waals surface area contributed by atoms with Gasteiger partial charge in [0.1, 0.15) is 11.8 Å². The van der Waals surface area contributed by atoms with Gasteiger partial charge in [-0.05, 0) is 24.6 Å². The third kappa shape index (κ3) is 5.97. The zero-order valence-electron chi connectivity index (χ0n) is 11.5. The summed E-state index contributed by atoms with van der Waals surface area (Å²) in [5.41, 5.74) is 5.66. The van der Waals surface area contributed by atoms with E-state index in [2.05, 4.69) is 37.2 Å². The normalized spacial score (nSPS) is 11.8. The van der Waals surface area contributed by atoms with Crippen LogP contribution in [0.1, 0.15) is 36.5 Å². The van der Waals surface area contributed by atoms with Crippen LogP contribution < -0.4 is 11.1 Å². The fraction of sp³-hybridized carbons (Fsp3) is 0.357. The molecule has 1 aromatic carbocycles. The van der Waals surface area contributed by atoms with E-state index >= 15 is 0 Å². The molecule has 0 heterocycles. The number of carbonyl (C=O) groups excluding carboxylic acids is 3. The Bertz CT molecular complexity index is 541. The lowest BCUT2D eigenvalue weighted by atomic mass is 10.1. The van der Waals surface area contributed by atoms with Crippen LogP contribution in [0.4, 0.5) is 0 Å². The van der Waals surface area contributed by atoms with Crippen LogP contribution >= 0.6 is 31.9 Å². The molecule has 21 heavy (non-hydrogen) atoms. The minimum Gasteiger partial charge on any atom is -0.368 e. The number of nitrogens with two attached hydrogens (primary N) is 1. The highest BCUT2D eigenvalue weighted by atomic mass is 79.9. The molecule has 0 aromatic heterocycles. The van der Waals surface area contributed by atoms with Crippen LogP contribution in [0.2, 0.25) is 0 Å². The Morgan fingerprint density at radius 1 is 1.19 bits per heavy atom. The summed E-state index contributed by atoms with van der Waals surface area (Å²) in [6.07, 6.45) is 0.827. The number of rotatable bonds is 7. The summed E-state index contributed by atoms with van der Waals surface area (Å²) in [4.78, 5) is 34.8. The summed E-state index contributed by atoms with van der Waals surface area (Å²) >= 11 is 6.58. The average molecular weight is 420 g/mol. The van der Waals surface area contributed by atoms with Gasteiger partial charge in [-0.15, -0.1) is 0 Å². The topological polar surface area (TPSA) is 89.3 Å². The highest BCUT2D eigenvalue weighted by Gasteiger charge is 2.20. The van der Waals surface area contributed by atoms with Crippen LogP contribution in [0, 0.1) is 0 Å². The molecule has 0 aliphatic heterocycles. The maximum atomic E-state index is 12.1. The van der Waals surface area contributed by atoms with Crippen molar-refractivity contribution in [2.75, 3.05) is 0 Å². The molecule has 2 amide bonds. The smallest absolute Gasteiger partial charge is 0.252 e. The summed E-state index contributed by atoms with van der Waals surface area (Å²) in [5.74, 6) is -1.04. The van der Waals surface area contributed by atoms with Gasteiger partial charge in [-0.25, -0.2) is 0 Å². The number of hydrogen-bond acceptors (Lipinski definition) is 3. The van der Waals surface area contributed by atoms with Gasteiger partial charge < -0.3 is 11.1 Å². The molecule has 0 bridgehead atoms. The summed E-state index contributed by atoms with van der Waals surface area (Å²) < 4.78 is 1.47. The van der Waals surface area contributed by atoms with Crippen molar-refractivity contribution in [3.05, 3.63) is 32.7 Å². The standard InChI is InChI=1S/C14H16Br2N2O3/c1-2-11(19)3-4-12(13(17)20)18-14(21)8-5-9(15)7-10(16)6-8/h5-7,12H,2-4H2,1H3,(H2,17,20)(H,18,21)/t12-/m0/s1. The van der Waals surface area contributed by atoms with E-state index in [9.17, 15) is 14.4 Å². The molecule has 1 rings (SSSR count). The van der Waals surface area contributed by atoms with Crippen molar-refractivity contribution in [3.8, 4) is 0 Å². The monoisotopic (exact) mass is 418 g/mol. The molecular weight excluding hydrogens is 404 g/mol. The minimum absolute atomic E-state index is 0.0284. The summed E-state index contributed by atoms with van der Waals surface area (Å²) in [5, 5.41) is 2.56. The van der Waals surface area contributed by atoms with Crippen LogP contribution in [0.15, 0.2) is 27.1 Å². The molecule has 0 saturated heterocycles. The zero-order chi connectivity index (χ0) is 16.0. The first-order valence-electron chi connectivity index (χ1n) is 6.41. The third-order valence-electron chi connectivity index (χ3n) is 2.88. The Morgan fingerprint density at radius 2 is 1.76 bits per heavy atom. The predicted octanol–water partition coefficient (Wildman–Crippen LogP) is 2.55. The number of Topliss-reactive ketones (excluding diaryl/α,β-unsaturated/α-hetero) is 1. The molecule has 0 fully saturated rings. The lowest BCUT2D eigenvalue weighted by Gasteiger charge is -2.15. The summed E-state index contributed by atoms with van der Waals surface area (Å²) in [6.45, 7) is 1.75. The molecule has 0 saturated carbocycles. The molecule has 0 aliphatic carbocycles. The first-order valence-corrected chi connectivity index (χ1v) is 8.00. The highest BCUT2D eigenvalue weighted by Crippen LogP contribution is 2.20. The number of benzene rings is 1. The number of amides is 2. The Labute approximate surface area is 139 Å². The van der Waals surface area contributed by atoms with Gasteiger partial charge in [0.15, 0.2) is 0 Å². The van der Waals surface area contributed by atoms with E-state index in [0.29, 0.717) is 12.0 Å². The summed E-state index contributed by atoms with van der Waals surface area (Å²) in [7, 11) is 0. The van der Waals surface area contributed by atoms with Gasteiger partial charge in [-0.1, -0.05) is 38.8 Å². The fourth-order valence-corrected chi connectivity index (χ4v) is 2.99. The molecule has 3 N–H and O–H groups in total. The number of hydrogen-bond donors (Lipinski definition) is 2. The quantitative estimate of drug-likeness (QED) is 0.711. The van der Waals surface area contributed by atoms with Gasteiger partial charge >= 0.3 is 0 Å². The molecule has 0 radical (unpaired) electrons. The SMILES string of the molecule is CCC(=O)CC[C@H](NC(=O)c1cc(Br)cc(Br)c1)C(N)=O. The molecule has 1 aromatic rings. The van der Waals surface area contributed by atoms with Gasteiger partial charge in [0.2, 0.25) is 5.91 Å². The first-order chi connectivity index (χ1) is 9.83. The summed E-state index contributed by atoms with van der Waals surface area (Å²) in [6, 6.07) is 4.21. The van der Waals surface area contributed by atoms with E-state index in [-0.39, 0.29) is 18.6 Å². The number of ketones is 1. The minimum atomic E-state index is -0.856. The van der Waals surface area contributed by atoms with E-state index in [1.54, 1.807) is 25.1 Å². The van der Waals surface area contributed by atoms with Crippen LogP contribution in [-0.4, -0.2) is 23.6 Å². The first kappa shape index (κ1) is 17.8. The average Bonchev–Trinajstić information content (AvgIpc) is 2.41. The molecule has 5 nitrogen and oxygen atoms in total. The van der Waals surface area contributed by atoms with Crippen molar-refractivity contribution in [1.82, 2.24) is 5.32 Å². The Balaban J connectivity index is 2.76. The molecular formula is C14H16Br2N2O3. The van der Waals surface area contributed by atoms with Gasteiger partial charge in [0.05, 0.1) is 0 Å². The molecule has 0 unspecified atom stereocenters.